The van der Waals surface area contributed by atoms with Crippen LogP contribution in [0.5, 0.6) is 11.5 Å². The Labute approximate surface area is 82.6 Å². The first-order valence-electron chi connectivity index (χ1n) is 4.59. The van der Waals surface area contributed by atoms with E-state index >= 15 is 0 Å². The fourth-order valence-corrected chi connectivity index (χ4v) is 1.59. The van der Waals surface area contributed by atoms with Crippen molar-refractivity contribution in [1.29, 1.82) is 0 Å². The largest absolute Gasteiger partial charge is 0.486 e. The van der Waals surface area contributed by atoms with Crippen LogP contribution in [0.1, 0.15) is 21.5 Å². The molecular weight excluding hydrogens is 180 g/mol. The molecule has 1 aromatic rings. The lowest BCUT2D eigenvalue weighted by Gasteiger charge is -2.21. The topological polar surface area (TPSA) is 35.5 Å². The Kier molecular flexibility index (Phi) is 2.15. The molecule has 3 heteroatoms. The van der Waals surface area contributed by atoms with Gasteiger partial charge in [-0.2, -0.15) is 0 Å². The number of ether oxygens (including phenoxy) is 2. The second kappa shape index (κ2) is 3.33. The quantitative estimate of drug-likeness (QED) is 0.637. The number of carbonyl (C=O) groups is 1. The van der Waals surface area contributed by atoms with E-state index in [2.05, 4.69) is 0 Å². The fraction of sp³-hybridized carbons (Fsp3) is 0.364. The zero-order valence-corrected chi connectivity index (χ0v) is 8.29. The molecule has 3 nitrogen and oxygen atoms in total. The summed E-state index contributed by atoms with van der Waals surface area (Å²) in [6, 6.07) is 1.74. The van der Waals surface area contributed by atoms with E-state index in [4.69, 9.17) is 9.47 Å². The van der Waals surface area contributed by atoms with Crippen LogP contribution in [0.25, 0.3) is 0 Å². The SMILES string of the molecule is Cc1c(C=O)cc2c(c1C)OCCO2. The molecule has 14 heavy (non-hydrogen) atoms. The van der Waals surface area contributed by atoms with Crippen LogP contribution in [-0.4, -0.2) is 19.5 Å². The highest BCUT2D eigenvalue weighted by Gasteiger charge is 2.17. The molecule has 0 aliphatic carbocycles. The third-order valence-electron chi connectivity index (χ3n) is 2.56. The number of carbonyl (C=O) groups excluding carboxylic acids is 1. The Morgan fingerprint density at radius 1 is 1.21 bits per heavy atom. The lowest BCUT2D eigenvalue weighted by Crippen LogP contribution is -2.17. The molecule has 0 radical (unpaired) electrons. The molecule has 0 saturated carbocycles. The fourth-order valence-electron chi connectivity index (χ4n) is 1.59. The maximum Gasteiger partial charge on any atom is 0.164 e. The summed E-state index contributed by atoms with van der Waals surface area (Å²) in [6.45, 7) is 4.98. The van der Waals surface area contributed by atoms with Crippen LogP contribution in [0.4, 0.5) is 0 Å². The van der Waals surface area contributed by atoms with Crippen molar-refractivity contribution < 1.29 is 14.3 Å². The van der Waals surface area contributed by atoms with Crippen molar-refractivity contribution in [3.8, 4) is 11.5 Å². The van der Waals surface area contributed by atoms with Gasteiger partial charge < -0.3 is 9.47 Å². The Balaban J connectivity index is 2.62. The third-order valence-corrected chi connectivity index (χ3v) is 2.56. The molecule has 74 valence electrons. The van der Waals surface area contributed by atoms with Gasteiger partial charge in [-0.3, -0.25) is 4.79 Å². The van der Waals surface area contributed by atoms with Crippen molar-refractivity contribution in [2.45, 2.75) is 13.8 Å². The number of hydrogen-bond acceptors (Lipinski definition) is 3. The molecule has 0 saturated heterocycles. The van der Waals surface area contributed by atoms with Gasteiger partial charge in [0.1, 0.15) is 19.5 Å². The van der Waals surface area contributed by atoms with E-state index in [1.54, 1.807) is 6.07 Å². The highest BCUT2D eigenvalue weighted by Crippen LogP contribution is 2.36. The van der Waals surface area contributed by atoms with Gasteiger partial charge >= 0.3 is 0 Å². The van der Waals surface area contributed by atoms with E-state index in [0.717, 1.165) is 23.2 Å². The second-order valence-corrected chi connectivity index (χ2v) is 3.36. The monoisotopic (exact) mass is 192 g/mol. The Bertz CT molecular complexity index is 383. The highest BCUT2D eigenvalue weighted by molar-refractivity contribution is 5.80. The van der Waals surface area contributed by atoms with E-state index < -0.39 is 0 Å². The van der Waals surface area contributed by atoms with Crippen LogP contribution in [0.3, 0.4) is 0 Å². The van der Waals surface area contributed by atoms with Gasteiger partial charge in [0.25, 0.3) is 0 Å². The van der Waals surface area contributed by atoms with Gasteiger partial charge in [-0.15, -0.1) is 0 Å². The third kappa shape index (κ3) is 1.25. The molecule has 0 N–H and O–H groups in total. The van der Waals surface area contributed by atoms with Crippen molar-refractivity contribution >= 4 is 6.29 Å². The summed E-state index contributed by atoms with van der Waals surface area (Å²) in [7, 11) is 0. The summed E-state index contributed by atoms with van der Waals surface area (Å²) in [5.41, 5.74) is 2.63. The van der Waals surface area contributed by atoms with Crippen LogP contribution in [0.15, 0.2) is 6.07 Å². The Hall–Kier alpha value is -1.51. The van der Waals surface area contributed by atoms with Crippen LogP contribution in [-0.2, 0) is 0 Å². The number of fused-ring (bicyclic) bond motifs is 1. The van der Waals surface area contributed by atoms with Gasteiger partial charge in [0.2, 0.25) is 0 Å². The molecule has 1 aromatic carbocycles. The first-order valence-corrected chi connectivity index (χ1v) is 4.59. The Morgan fingerprint density at radius 2 is 1.93 bits per heavy atom. The number of aldehydes is 1. The summed E-state index contributed by atoms with van der Waals surface area (Å²) >= 11 is 0. The smallest absolute Gasteiger partial charge is 0.164 e. The molecule has 1 aliphatic heterocycles. The molecule has 0 fully saturated rings. The highest BCUT2D eigenvalue weighted by atomic mass is 16.6. The summed E-state index contributed by atoms with van der Waals surface area (Å²) in [5.74, 6) is 1.46. The minimum atomic E-state index is 0.549. The van der Waals surface area contributed by atoms with Crippen molar-refractivity contribution in [2.24, 2.45) is 0 Å². The lowest BCUT2D eigenvalue weighted by molar-refractivity contribution is 0.112. The molecule has 0 aromatic heterocycles. The maximum atomic E-state index is 10.8. The molecule has 1 heterocycles. The van der Waals surface area contributed by atoms with Crippen LogP contribution in [0, 0.1) is 13.8 Å². The van der Waals surface area contributed by atoms with Crippen LogP contribution in [0.2, 0.25) is 0 Å². The van der Waals surface area contributed by atoms with Crippen LogP contribution < -0.4 is 9.47 Å². The van der Waals surface area contributed by atoms with Gasteiger partial charge in [-0.05, 0) is 31.0 Å². The molecule has 0 atom stereocenters. The molecule has 0 bridgehead atoms. The number of hydrogen-bond donors (Lipinski definition) is 0. The summed E-state index contributed by atoms with van der Waals surface area (Å²) < 4.78 is 10.9. The first kappa shape index (κ1) is 9.06. The van der Waals surface area contributed by atoms with Crippen molar-refractivity contribution in [1.82, 2.24) is 0 Å². The van der Waals surface area contributed by atoms with Gasteiger partial charge in [0, 0.05) is 5.56 Å². The molecule has 0 amide bonds. The van der Waals surface area contributed by atoms with E-state index in [1.807, 2.05) is 13.8 Å². The standard InChI is InChI=1S/C11H12O3/c1-7-8(2)11-10(5-9(7)6-12)13-3-4-14-11/h5-6H,3-4H2,1-2H3. The number of rotatable bonds is 1. The first-order chi connectivity index (χ1) is 6.74. The zero-order valence-electron chi connectivity index (χ0n) is 8.29. The second-order valence-electron chi connectivity index (χ2n) is 3.36. The van der Waals surface area contributed by atoms with Gasteiger partial charge in [-0.1, -0.05) is 0 Å². The van der Waals surface area contributed by atoms with E-state index in [1.165, 1.54) is 0 Å². The molecule has 2 rings (SSSR count). The summed E-state index contributed by atoms with van der Waals surface area (Å²) in [4.78, 5) is 10.8. The van der Waals surface area contributed by atoms with E-state index in [0.29, 0.717) is 24.5 Å². The molecule has 0 spiro atoms. The van der Waals surface area contributed by atoms with Gasteiger partial charge in [-0.25, -0.2) is 0 Å². The predicted molar refractivity (Wildman–Crippen MR) is 52.3 cm³/mol. The molecular formula is C11H12O3. The minimum absolute atomic E-state index is 0.549. The Morgan fingerprint density at radius 3 is 2.64 bits per heavy atom. The predicted octanol–water partition coefficient (Wildman–Crippen LogP) is 1.89. The lowest BCUT2D eigenvalue weighted by atomic mass is 10.0. The average Bonchev–Trinajstić information content (AvgIpc) is 2.23. The van der Waals surface area contributed by atoms with Crippen molar-refractivity contribution in [2.75, 3.05) is 13.2 Å². The van der Waals surface area contributed by atoms with Gasteiger partial charge in [0.05, 0.1) is 0 Å². The molecule has 0 unspecified atom stereocenters. The minimum Gasteiger partial charge on any atom is -0.486 e. The average molecular weight is 192 g/mol. The van der Waals surface area contributed by atoms with E-state index in [-0.39, 0.29) is 0 Å². The zero-order chi connectivity index (χ0) is 10.1. The van der Waals surface area contributed by atoms with Crippen molar-refractivity contribution in [3.05, 3.63) is 22.8 Å². The molecule has 1 aliphatic rings. The van der Waals surface area contributed by atoms with E-state index in [9.17, 15) is 4.79 Å². The van der Waals surface area contributed by atoms with Gasteiger partial charge in [0.15, 0.2) is 11.5 Å². The number of benzene rings is 1. The maximum absolute atomic E-state index is 10.8. The summed E-state index contributed by atoms with van der Waals surface area (Å²) in [5, 5.41) is 0. The normalized spacial score (nSPS) is 13.9. The summed E-state index contributed by atoms with van der Waals surface area (Å²) in [6.07, 6.45) is 0.848. The van der Waals surface area contributed by atoms with Crippen LogP contribution >= 0.6 is 0 Å². The van der Waals surface area contributed by atoms with Crippen molar-refractivity contribution in [3.63, 3.8) is 0 Å².